The Morgan fingerprint density at radius 1 is 1.07 bits per heavy atom. The van der Waals surface area contributed by atoms with E-state index in [0.717, 1.165) is 0 Å². The van der Waals surface area contributed by atoms with Crippen LogP contribution in [0, 0.1) is 5.82 Å². The lowest BCUT2D eigenvalue weighted by Crippen LogP contribution is -2.44. The van der Waals surface area contributed by atoms with Gasteiger partial charge in [-0.3, -0.25) is 0 Å². The fourth-order valence-electron chi connectivity index (χ4n) is 2.14. The monoisotopic (exact) mass is 392 g/mol. The number of anilines is 2. The number of ether oxygens (including phenoxy) is 2. The zero-order valence-corrected chi connectivity index (χ0v) is 16.8. The summed E-state index contributed by atoms with van der Waals surface area (Å²) in [4.78, 5) is 32.8. The van der Waals surface area contributed by atoms with Crippen LogP contribution >= 0.6 is 0 Å². The van der Waals surface area contributed by atoms with Crippen molar-refractivity contribution in [2.45, 2.75) is 52.7 Å². The van der Waals surface area contributed by atoms with Crippen molar-refractivity contribution in [2.24, 2.45) is 0 Å². The molecule has 2 amide bonds. The first kappa shape index (κ1) is 21.2. The largest absolute Gasteiger partial charge is 0.443 e. The highest BCUT2D eigenvalue weighted by Crippen LogP contribution is 2.25. The molecule has 152 valence electrons. The Morgan fingerprint density at radius 2 is 1.61 bits per heavy atom. The van der Waals surface area contributed by atoms with Gasteiger partial charge in [0, 0.05) is 5.56 Å². The predicted octanol–water partition coefficient (Wildman–Crippen LogP) is 4.47. The first-order chi connectivity index (χ1) is 12.8. The molecule has 0 fully saturated rings. The number of aromatic nitrogens is 2. The van der Waals surface area contributed by atoms with E-state index >= 15 is 0 Å². The number of imide groups is 1. The molecule has 0 aliphatic carbocycles. The number of halogens is 1. The summed E-state index contributed by atoms with van der Waals surface area (Å²) in [6.07, 6.45) is -0.494. The minimum atomic E-state index is -0.943. The Hall–Kier alpha value is -3.10. The average molecular weight is 392 g/mol. The third-order valence-electron chi connectivity index (χ3n) is 3.23. The van der Waals surface area contributed by atoms with Crippen LogP contribution < -0.4 is 10.6 Å². The second-order valence-electron chi connectivity index (χ2n) is 8.15. The number of nitrogens with one attached hydrogen (secondary N) is 1. The Morgan fingerprint density at radius 3 is 2.07 bits per heavy atom. The maximum Gasteiger partial charge on any atom is 0.427 e. The molecular weight excluding hydrogens is 367 g/mol. The zero-order valence-electron chi connectivity index (χ0n) is 16.8. The summed E-state index contributed by atoms with van der Waals surface area (Å²) < 4.78 is 24.0. The van der Waals surface area contributed by atoms with E-state index in [2.05, 4.69) is 9.97 Å². The lowest BCUT2D eigenvalue weighted by Gasteiger charge is -2.27. The highest BCUT2D eigenvalue weighted by Gasteiger charge is 2.34. The number of amides is 2. The van der Waals surface area contributed by atoms with Gasteiger partial charge in [-0.25, -0.2) is 19.0 Å². The molecular formula is C19H25FN4O4. The molecule has 1 aromatic heterocycles. The summed E-state index contributed by atoms with van der Waals surface area (Å²) in [6.45, 7) is 10.0. The molecule has 0 aliphatic rings. The molecule has 3 N–H and O–H groups in total. The van der Waals surface area contributed by atoms with E-state index in [9.17, 15) is 14.0 Å². The molecule has 0 unspecified atom stereocenters. The van der Waals surface area contributed by atoms with Crippen molar-refractivity contribution < 1.29 is 23.5 Å². The van der Waals surface area contributed by atoms with Gasteiger partial charge in [-0.1, -0.05) is 0 Å². The highest BCUT2D eigenvalue weighted by molar-refractivity contribution is 6.08. The Balaban J connectivity index is 2.40. The maximum atomic E-state index is 13.4. The number of nitrogen functional groups attached to an aromatic ring is 1. The number of hydrogen-bond donors (Lipinski definition) is 2. The van der Waals surface area contributed by atoms with Gasteiger partial charge >= 0.3 is 12.2 Å². The number of rotatable bonds is 2. The number of nitrogens with zero attached hydrogens (tertiary/aromatic N) is 2. The van der Waals surface area contributed by atoms with Crippen molar-refractivity contribution in [3.63, 3.8) is 0 Å². The predicted molar refractivity (Wildman–Crippen MR) is 103 cm³/mol. The fraction of sp³-hybridized carbons (Fsp3) is 0.421. The minimum Gasteiger partial charge on any atom is -0.443 e. The van der Waals surface area contributed by atoms with Gasteiger partial charge < -0.3 is 20.2 Å². The lowest BCUT2D eigenvalue weighted by molar-refractivity contribution is 0.0427. The third-order valence-corrected chi connectivity index (χ3v) is 3.23. The summed E-state index contributed by atoms with van der Waals surface area (Å²) in [5.74, 6) is -0.644. The molecule has 28 heavy (non-hydrogen) atoms. The van der Waals surface area contributed by atoms with Gasteiger partial charge in [0.2, 0.25) is 5.95 Å². The van der Waals surface area contributed by atoms with Crippen LogP contribution in [0.4, 0.5) is 25.6 Å². The van der Waals surface area contributed by atoms with E-state index in [-0.39, 0.29) is 11.6 Å². The van der Waals surface area contributed by atoms with Gasteiger partial charge in [0.15, 0.2) is 0 Å². The molecule has 0 radical (unpaired) electrons. The average Bonchev–Trinajstić information content (AvgIpc) is 2.95. The first-order valence-electron chi connectivity index (χ1n) is 8.63. The minimum absolute atomic E-state index is 0.0372. The summed E-state index contributed by atoms with van der Waals surface area (Å²) in [5, 5.41) is 0. The van der Waals surface area contributed by atoms with Gasteiger partial charge in [-0.05, 0) is 59.7 Å². The number of benzene rings is 1. The number of carbonyl (C=O) groups excluding carboxylic acids is 2. The van der Waals surface area contributed by atoms with E-state index in [1.165, 1.54) is 24.4 Å². The highest BCUT2D eigenvalue weighted by atomic mass is 19.1. The number of H-pyrrole nitrogens is 1. The van der Waals surface area contributed by atoms with Gasteiger partial charge in [-0.15, -0.1) is 4.90 Å². The molecule has 1 aromatic carbocycles. The number of hydrogen-bond acceptors (Lipinski definition) is 6. The van der Waals surface area contributed by atoms with Crippen LogP contribution in [0.15, 0.2) is 24.4 Å². The van der Waals surface area contributed by atoms with Crippen molar-refractivity contribution in [1.82, 2.24) is 9.97 Å². The van der Waals surface area contributed by atoms with Gasteiger partial charge in [0.1, 0.15) is 17.0 Å². The molecule has 0 saturated heterocycles. The van der Waals surface area contributed by atoms with Crippen molar-refractivity contribution in [2.75, 3.05) is 10.6 Å². The molecule has 0 aliphatic heterocycles. The van der Waals surface area contributed by atoms with E-state index in [1.807, 2.05) is 0 Å². The number of nitrogens with two attached hydrogens (primary N) is 1. The van der Waals surface area contributed by atoms with Crippen LogP contribution in [0.1, 0.15) is 41.5 Å². The summed E-state index contributed by atoms with van der Waals surface area (Å²) >= 11 is 0. The molecule has 0 spiro atoms. The summed E-state index contributed by atoms with van der Waals surface area (Å²) in [6, 6.07) is 4.12. The van der Waals surface area contributed by atoms with E-state index in [4.69, 9.17) is 15.2 Å². The van der Waals surface area contributed by atoms with Gasteiger partial charge in [0.05, 0.1) is 17.6 Å². The molecule has 9 heteroatoms. The number of aromatic amines is 1. The number of imidazole rings is 1. The second kappa shape index (κ2) is 7.49. The van der Waals surface area contributed by atoms with Gasteiger partial charge in [-0.2, -0.15) is 0 Å². The first-order valence-corrected chi connectivity index (χ1v) is 8.63. The van der Waals surface area contributed by atoms with Crippen molar-refractivity contribution in [1.29, 1.82) is 0 Å². The normalized spacial score (nSPS) is 11.8. The van der Waals surface area contributed by atoms with Crippen LogP contribution in [-0.4, -0.2) is 33.4 Å². The molecule has 8 nitrogen and oxygen atoms in total. The molecule has 2 aromatic rings. The third kappa shape index (κ3) is 5.45. The van der Waals surface area contributed by atoms with Crippen LogP contribution in [0.2, 0.25) is 0 Å². The molecule has 1 heterocycles. The van der Waals surface area contributed by atoms with Crippen LogP contribution in [-0.2, 0) is 9.47 Å². The van der Waals surface area contributed by atoms with Crippen LogP contribution in [0.5, 0.6) is 0 Å². The Labute approximate surface area is 162 Å². The molecule has 0 bridgehead atoms. The molecule has 0 atom stereocenters. The topological polar surface area (TPSA) is 111 Å². The Kier molecular flexibility index (Phi) is 5.67. The maximum absolute atomic E-state index is 13.4. The molecule has 2 rings (SSSR count). The smallest absolute Gasteiger partial charge is 0.427 e. The van der Waals surface area contributed by atoms with Crippen LogP contribution in [0.3, 0.4) is 0 Å². The zero-order chi connectivity index (χ0) is 21.3. The van der Waals surface area contributed by atoms with Crippen molar-refractivity contribution in [3.05, 3.63) is 30.2 Å². The summed E-state index contributed by atoms with van der Waals surface area (Å²) in [5.41, 5.74) is 4.85. The van der Waals surface area contributed by atoms with E-state index in [1.54, 1.807) is 41.5 Å². The van der Waals surface area contributed by atoms with Crippen LogP contribution in [0.25, 0.3) is 11.3 Å². The van der Waals surface area contributed by atoms with Crippen molar-refractivity contribution in [3.8, 4) is 11.3 Å². The Bertz CT molecular complexity index is 853. The molecule has 0 saturated carbocycles. The second-order valence-corrected chi connectivity index (χ2v) is 8.15. The quantitative estimate of drug-likeness (QED) is 0.729. The standard InChI is InChI=1S/C19H25FN4O4/c1-18(2,3)27-16(25)24(17(26)28-19(4,5)6)15-22-10-14(23-15)11-7-8-12(20)13(21)9-11/h7-10H,21H2,1-6H3,(H,22,23). The van der Waals surface area contributed by atoms with E-state index < -0.39 is 29.2 Å². The number of carbonyl (C=O) groups is 2. The summed E-state index contributed by atoms with van der Waals surface area (Å²) in [7, 11) is 0. The van der Waals surface area contributed by atoms with Gasteiger partial charge in [0.25, 0.3) is 0 Å². The fourth-order valence-corrected chi connectivity index (χ4v) is 2.14. The van der Waals surface area contributed by atoms with Crippen molar-refractivity contribution >= 4 is 23.8 Å². The van der Waals surface area contributed by atoms with E-state index in [0.29, 0.717) is 16.2 Å². The SMILES string of the molecule is CC(C)(C)OC(=O)N(C(=O)OC(C)(C)C)c1ncc(-c2ccc(F)c(N)c2)[nH]1. The lowest BCUT2D eigenvalue weighted by atomic mass is 10.1.